The summed E-state index contributed by atoms with van der Waals surface area (Å²) in [6.45, 7) is 0. The SMILES string of the molecule is N#Cc1cc2c(Cl)cccc2nc1Cl. The number of nitrogens with zero attached hydrogens (tertiary/aromatic N) is 2. The van der Waals surface area contributed by atoms with Crippen LogP contribution in [0.15, 0.2) is 24.3 Å². The number of rotatable bonds is 0. The van der Waals surface area contributed by atoms with Crippen LogP contribution in [0.3, 0.4) is 0 Å². The minimum absolute atomic E-state index is 0.210. The first-order valence-electron chi connectivity index (χ1n) is 3.87. The number of benzene rings is 1. The third kappa shape index (κ3) is 1.41. The predicted octanol–water partition coefficient (Wildman–Crippen LogP) is 3.41. The summed E-state index contributed by atoms with van der Waals surface area (Å²) in [5, 5.41) is 10.3. The van der Waals surface area contributed by atoms with Crippen LogP contribution in [0.1, 0.15) is 5.56 Å². The van der Waals surface area contributed by atoms with E-state index in [-0.39, 0.29) is 5.15 Å². The zero-order chi connectivity index (χ0) is 10.1. The molecule has 1 aromatic carbocycles. The molecule has 2 aromatic rings. The maximum atomic E-state index is 8.75. The van der Waals surface area contributed by atoms with Crippen molar-refractivity contribution in [2.45, 2.75) is 0 Å². The molecule has 0 bridgehead atoms. The molecule has 0 atom stereocenters. The van der Waals surface area contributed by atoms with E-state index in [1.54, 1.807) is 24.3 Å². The van der Waals surface area contributed by atoms with Crippen molar-refractivity contribution in [2.24, 2.45) is 0 Å². The maximum Gasteiger partial charge on any atom is 0.147 e. The lowest BCUT2D eigenvalue weighted by atomic mass is 10.2. The second-order valence-corrected chi connectivity index (χ2v) is 3.51. The molecule has 4 heteroatoms. The summed E-state index contributed by atoms with van der Waals surface area (Å²) < 4.78 is 0. The Morgan fingerprint density at radius 3 is 2.79 bits per heavy atom. The van der Waals surface area contributed by atoms with Crippen LogP contribution in [0.25, 0.3) is 10.9 Å². The van der Waals surface area contributed by atoms with E-state index in [1.165, 1.54) is 0 Å². The van der Waals surface area contributed by atoms with Crippen LogP contribution >= 0.6 is 23.2 Å². The first-order chi connectivity index (χ1) is 6.72. The van der Waals surface area contributed by atoms with E-state index in [0.29, 0.717) is 16.1 Å². The van der Waals surface area contributed by atoms with E-state index in [0.717, 1.165) is 5.39 Å². The molecule has 0 fully saturated rings. The van der Waals surface area contributed by atoms with E-state index >= 15 is 0 Å². The minimum atomic E-state index is 0.210. The van der Waals surface area contributed by atoms with E-state index in [4.69, 9.17) is 28.5 Å². The highest BCUT2D eigenvalue weighted by Gasteiger charge is 2.05. The molecule has 0 saturated carbocycles. The van der Waals surface area contributed by atoms with Gasteiger partial charge in [-0.05, 0) is 18.2 Å². The van der Waals surface area contributed by atoms with Crippen molar-refractivity contribution in [2.75, 3.05) is 0 Å². The Bertz CT molecular complexity index is 544. The molecule has 0 saturated heterocycles. The molecule has 0 aliphatic carbocycles. The maximum absolute atomic E-state index is 8.75. The molecule has 1 heterocycles. The number of nitriles is 1. The summed E-state index contributed by atoms with van der Waals surface area (Å²) in [5.41, 5.74) is 1.04. The van der Waals surface area contributed by atoms with E-state index in [9.17, 15) is 0 Å². The molecule has 68 valence electrons. The first kappa shape index (κ1) is 9.26. The van der Waals surface area contributed by atoms with Crippen LogP contribution in [0.5, 0.6) is 0 Å². The lowest BCUT2D eigenvalue weighted by Gasteiger charge is -2.01. The highest BCUT2D eigenvalue weighted by molar-refractivity contribution is 6.36. The van der Waals surface area contributed by atoms with Gasteiger partial charge in [-0.1, -0.05) is 29.3 Å². The fraction of sp³-hybridized carbons (Fsp3) is 0. The third-order valence-electron chi connectivity index (χ3n) is 1.88. The van der Waals surface area contributed by atoms with E-state index in [1.807, 2.05) is 6.07 Å². The van der Waals surface area contributed by atoms with Gasteiger partial charge >= 0.3 is 0 Å². The second kappa shape index (κ2) is 3.45. The van der Waals surface area contributed by atoms with Gasteiger partial charge in [0.1, 0.15) is 11.2 Å². The van der Waals surface area contributed by atoms with Gasteiger partial charge in [-0.15, -0.1) is 0 Å². The monoisotopic (exact) mass is 222 g/mol. The van der Waals surface area contributed by atoms with Gasteiger partial charge < -0.3 is 0 Å². The summed E-state index contributed by atoms with van der Waals surface area (Å²) in [7, 11) is 0. The molecule has 0 radical (unpaired) electrons. The van der Waals surface area contributed by atoms with Crippen LogP contribution in [-0.4, -0.2) is 4.98 Å². The first-order valence-corrected chi connectivity index (χ1v) is 4.63. The van der Waals surface area contributed by atoms with Crippen molar-refractivity contribution >= 4 is 34.1 Å². The lowest BCUT2D eigenvalue weighted by Crippen LogP contribution is -1.85. The van der Waals surface area contributed by atoms with Crippen LogP contribution in [-0.2, 0) is 0 Å². The van der Waals surface area contributed by atoms with Gasteiger partial charge in [0.25, 0.3) is 0 Å². The molecular weight excluding hydrogens is 219 g/mol. The molecule has 0 amide bonds. The highest BCUT2D eigenvalue weighted by atomic mass is 35.5. The summed E-state index contributed by atoms with van der Waals surface area (Å²) in [6.07, 6.45) is 0. The number of hydrogen-bond acceptors (Lipinski definition) is 2. The summed E-state index contributed by atoms with van der Waals surface area (Å²) >= 11 is 11.7. The summed E-state index contributed by atoms with van der Waals surface area (Å²) in [4.78, 5) is 4.07. The summed E-state index contributed by atoms with van der Waals surface area (Å²) in [5.74, 6) is 0. The van der Waals surface area contributed by atoms with E-state index < -0.39 is 0 Å². The van der Waals surface area contributed by atoms with Crippen molar-refractivity contribution in [3.05, 3.63) is 40.0 Å². The van der Waals surface area contributed by atoms with Gasteiger partial charge in [0.15, 0.2) is 0 Å². The van der Waals surface area contributed by atoms with Gasteiger partial charge in [0.05, 0.1) is 16.1 Å². The molecule has 1 aromatic heterocycles. The van der Waals surface area contributed by atoms with Crippen molar-refractivity contribution in [1.29, 1.82) is 5.26 Å². The predicted molar refractivity (Wildman–Crippen MR) is 56.5 cm³/mol. The molecule has 14 heavy (non-hydrogen) atoms. The zero-order valence-corrected chi connectivity index (χ0v) is 8.47. The Morgan fingerprint density at radius 2 is 2.07 bits per heavy atom. The Kier molecular flexibility index (Phi) is 2.28. The van der Waals surface area contributed by atoms with Crippen molar-refractivity contribution in [3.63, 3.8) is 0 Å². The molecular formula is C10H4Cl2N2. The normalized spacial score (nSPS) is 10.1. The highest BCUT2D eigenvalue weighted by Crippen LogP contribution is 2.25. The third-order valence-corrected chi connectivity index (χ3v) is 2.50. The van der Waals surface area contributed by atoms with Gasteiger partial charge in [-0.3, -0.25) is 0 Å². The quantitative estimate of drug-likeness (QED) is 0.641. The number of hydrogen-bond donors (Lipinski definition) is 0. The van der Waals surface area contributed by atoms with Crippen LogP contribution < -0.4 is 0 Å². The molecule has 0 spiro atoms. The Morgan fingerprint density at radius 1 is 1.29 bits per heavy atom. The fourth-order valence-corrected chi connectivity index (χ4v) is 1.63. The van der Waals surface area contributed by atoms with Gasteiger partial charge in [-0.2, -0.15) is 5.26 Å². The van der Waals surface area contributed by atoms with Gasteiger partial charge in [-0.25, -0.2) is 4.98 Å². The molecule has 2 nitrogen and oxygen atoms in total. The molecule has 0 aliphatic heterocycles. The smallest absolute Gasteiger partial charge is 0.147 e. The van der Waals surface area contributed by atoms with Crippen LogP contribution in [0.2, 0.25) is 10.2 Å². The average Bonchev–Trinajstić information content (AvgIpc) is 2.17. The number of aromatic nitrogens is 1. The fourth-order valence-electron chi connectivity index (χ4n) is 1.21. The lowest BCUT2D eigenvalue weighted by molar-refractivity contribution is 1.37. The van der Waals surface area contributed by atoms with Crippen molar-refractivity contribution in [1.82, 2.24) is 4.98 Å². The number of fused-ring (bicyclic) bond motifs is 1. The van der Waals surface area contributed by atoms with Crippen molar-refractivity contribution < 1.29 is 0 Å². The molecule has 0 aliphatic rings. The van der Waals surface area contributed by atoms with Crippen LogP contribution in [0.4, 0.5) is 0 Å². The minimum Gasteiger partial charge on any atom is -0.235 e. The zero-order valence-electron chi connectivity index (χ0n) is 6.96. The molecule has 0 N–H and O–H groups in total. The number of pyridine rings is 1. The Hall–Kier alpha value is -1.30. The molecule has 0 unspecified atom stereocenters. The standard InChI is InChI=1S/C10H4Cl2N2/c11-8-2-1-3-9-7(8)4-6(5-13)10(12)14-9/h1-4H. The van der Waals surface area contributed by atoms with Crippen LogP contribution in [0, 0.1) is 11.3 Å². The Labute approximate surface area is 90.7 Å². The van der Waals surface area contributed by atoms with Gasteiger partial charge in [0.2, 0.25) is 0 Å². The second-order valence-electron chi connectivity index (χ2n) is 2.75. The van der Waals surface area contributed by atoms with E-state index in [2.05, 4.69) is 4.98 Å². The van der Waals surface area contributed by atoms with Crippen molar-refractivity contribution in [3.8, 4) is 6.07 Å². The average molecular weight is 223 g/mol. The summed E-state index contributed by atoms with van der Waals surface area (Å²) in [6, 6.07) is 8.95. The Balaban J connectivity index is 2.89. The topological polar surface area (TPSA) is 36.7 Å². The molecule has 2 rings (SSSR count). The van der Waals surface area contributed by atoms with Gasteiger partial charge in [0, 0.05) is 5.39 Å². The number of halogens is 2. The largest absolute Gasteiger partial charge is 0.235 e.